The average molecular weight is 317 g/mol. The van der Waals surface area contributed by atoms with E-state index in [1.54, 1.807) is 0 Å². The molecule has 23 heavy (non-hydrogen) atoms. The number of phenols is 1. The van der Waals surface area contributed by atoms with Gasteiger partial charge >= 0.3 is 0 Å². The number of phenolic OH excluding ortho intramolecular Hbond substituents is 1. The van der Waals surface area contributed by atoms with Crippen molar-refractivity contribution in [3.05, 3.63) is 29.3 Å². The molecular formula is C22H36O. The molecule has 2 rings (SSSR count). The molecular weight excluding hydrogens is 280 g/mol. The van der Waals surface area contributed by atoms with Crippen molar-refractivity contribution in [3.63, 3.8) is 0 Å². The van der Waals surface area contributed by atoms with Crippen molar-refractivity contribution in [1.82, 2.24) is 0 Å². The molecule has 0 heterocycles. The number of aromatic hydroxyl groups is 1. The summed E-state index contributed by atoms with van der Waals surface area (Å²) in [7, 11) is 0. The first-order valence-corrected chi connectivity index (χ1v) is 10.0. The van der Waals surface area contributed by atoms with E-state index in [0.717, 1.165) is 12.0 Å². The van der Waals surface area contributed by atoms with Crippen LogP contribution in [0.4, 0.5) is 0 Å². The standard InChI is InChI=1S/C22H36O/c1-3-18(2)21-17-20(15-16-22(21)23)19-13-11-9-7-5-4-6-8-10-12-14-19/h15-19,23H,3-14H2,1-2H3. The molecule has 1 aromatic rings. The highest BCUT2D eigenvalue weighted by atomic mass is 16.3. The third-order valence-electron chi connectivity index (χ3n) is 5.77. The van der Waals surface area contributed by atoms with Crippen LogP contribution in [0.2, 0.25) is 0 Å². The molecule has 0 saturated heterocycles. The first-order chi connectivity index (χ1) is 11.2. The molecule has 0 aliphatic heterocycles. The summed E-state index contributed by atoms with van der Waals surface area (Å²) in [6, 6.07) is 6.42. The fraction of sp³-hybridized carbons (Fsp3) is 0.727. The predicted octanol–water partition coefficient (Wildman–Crippen LogP) is 7.29. The van der Waals surface area contributed by atoms with Crippen LogP contribution < -0.4 is 0 Å². The lowest BCUT2D eigenvalue weighted by Crippen LogP contribution is -2.03. The van der Waals surface area contributed by atoms with E-state index < -0.39 is 0 Å². The van der Waals surface area contributed by atoms with E-state index in [4.69, 9.17) is 0 Å². The molecule has 0 amide bonds. The van der Waals surface area contributed by atoms with Crippen LogP contribution in [0, 0.1) is 0 Å². The quantitative estimate of drug-likeness (QED) is 0.620. The van der Waals surface area contributed by atoms with Gasteiger partial charge in [0.1, 0.15) is 5.75 Å². The van der Waals surface area contributed by atoms with Gasteiger partial charge in [0.05, 0.1) is 0 Å². The zero-order chi connectivity index (χ0) is 16.5. The SMILES string of the molecule is CCC(C)c1cc(C2CCCCCCCCCCC2)ccc1O. The summed E-state index contributed by atoms with van der Waals surface area (Å²) in [6.45, 7) is 4.42. The molecule has 1 N–H and O–H groups in total. The van der Waals surface area contributed by atoms with E-state index in [9.17, 15) is 5.11 Å². The first-order valence-electron chi connectivity index (χ1n) is 10.0. The third kappa shape index (κ3) is 5.86. The van der Waals surface area contributed by atoms with E-state index in [2.05, 4.69) is 26.0 Å². The van der Waals surface area contributed by atoms with Gasteiger partial charge in [0.2, 0.25) is 0 Å². The Hall–Kier alpha value is -0.980. The van der Waals surface area contributed by atoms with Crippen LogP contribution in [0.1, 0.15) is 114 Å². The average Bonchev–Trinajstić information content (AvgIpc) is 2.55. The minimum atomic E-state index is 0.446. The second kappa shape index (κ2) is 10.0. The summed E-state index contributed by atoms with van der Waals surface area (Å²) in [6.07, 6.45) is 16.4. The maximum atomic E-state index is 10.2. The molecule has 1 aromatic carbocycles. The molecule has 1 nitrogen and oxygen atoms in total. The number of benzene rings is 1. The second-order valence-electron chi connectivity index (χ2n) is 7.58. The van der Waals surface area contributed by atoms with Crippen LogP contribution in [-0.4, -0.2) is 5.11 Å². The van der Waals surface area contributed by atoms with Gasteiger partial charge in [0, 0.05) is 0 Å². The van der Waals surface area contributed by atoms with Crippen molar-refractivity contribution in [3.8, 4) is 5.75 Å². The van der Waals surface area contributed by atoms with Crippen LogP contribution in [0.5, 0.6) is 5.75 Å². The summed E-state index contributed by atoms with van der Waals surface area (Å²) >= 11 is 0. The smallest absolute Gasteiger partial charge is 0.119 e. The molecule has 0 bridgehead atoms. The first kappa shape index (κ1) is 18.4. The molecule has 1 heteroatoms. The Bertz CT molecular complexity index is 439. The zero-order valence-corrected chi connectivity index (χ0v) is 15.3. The molecule has 1 unspecified atom stereocenters. The molecule has 0 aromatic heterocycles. The molecule has 0 radical (unpaired) electrons. The topological polar surface area (TPSA) is 20.2 Å². The van der Waals surface area contributed by atoms with Crippen molar-refractivity contribution in [2.45, 2.75) is 103 Å². The molecule has 1 atom stereocenters. The molecule has 1 fully saturated rings. The third-order valence-corrected chi connectivity index (χ3v) is 5.77. The molecule has 0 spiro atoms. The van der Waals surface area contributed by atoms with Crippen LogP contribution in [0.3, 0.4) is 0 Å². The molecule has 1 aliphatic carbocycles. The van der Waals surface area contributed by atoms with E-state index in [-0.39, 0.29) is 0 Å². The maximum Gasteiger partial charge on any atom is 0.119 e. The van der Waals surface area contributed by atoms with Gasteiger partial charge in [-0.1, -0.05) is 83.8 Å². The fourth-order valence-corrected chi connectivity index (χ4v) is 3.94. The van der Waals surface area contributed by atoms with Crippen LogP contribution >= 0.6 is 0 Å². The van der Waals surface area contributed by atoms with Crippen molar-refractivity contribution in [2.75, 3.05) is 0 Å². The van der Waals surface area contributed by atoms with Gasteiger partial charge in [0.15, 0.2) is 0 Å². The highest BCUT2D eigenvalue weighted by Gasteiger charge is 2.16. The molecule has 1 saturated carbocycles. The summed E-state index contributed by atoms with van der Waals surface area (Å²) in [5.41, 5.74) is 2.62. The van der Waals surface area contributed by atoms with E-state index in [0.29, 0.717) is 17.6 Å². The van der Waals surface area contributed by atoms with Gasteiger partial charge in [0.25, 0.3) is 0 Å². The monoisotopic (exact) mass is 316 g/mol. The Morgan fingerprint density at radius 2 is 1.43 bits per heavy atom. The van der Waals surface area contributed by atoms with E-state index in [1.807, 2.05) is 6.07 Å². The van der Waals surface area contributed by atoms with Gasteiger partial charge in [-0.2, -0.15) is 0 Å². The lowest BCUT2D eigenvalue weighted by atomic mass is 9.85. The highest BCUT2D eigenvalue weighted by molar-refractivity contribution is 5.39. The van der Waals surface area contributed by atoms with Gasteiger partial charge < -0.3 is 5.11 Å². The summed E-state index contributed by atoms with van der Waals surface area (Å²) in [5, 5.41) is 10.2. The normalized spacial score (nSPS) is 20.4. The van der Waals surface area contributed by atoms with Crippen molar-refractivity contribution < 1.29 is 5.11 Å². The van der Waals surface area contributed by atoms with Crippen molar-refractivity contribution >= 4 is 0 Å². The maximum absolute atomic E-state index is 10.2. The second-order valence-corrected chi connectivity index (χ2v) is 7.58. The number of hydrogen-bond donors (Lipinski definition) is 1. The Morgan fingerprint density at radius 1 is 0.913 bits per heavy atom. The molecule has 1 aliphatic rings. The fourth-order valence-electron chi connectivity index (χ4n) is 3.94. The lowest BCUT2D eigenvalue weighted by molar-refractivity contribution is 0.455. The zero-order valence-electron chi connectivity index (χ0n) is 15.3. The summed E-state index contributed by atoms with van der Waals surface area (Å²) < 4.78 is 0. The van der Waals surface area contributed by atoms with E-state index in [1.165, 1.54) is 76.2 Å². The van der Waals surface area contributed by atoms with Crippen LogP contribution in [0.15, 0.2) is 18.2 Å². The van der Waals surface area contributed by atoms with Gasteiger partial charge in [-0.3, -0.25) is 0 Å². The minimum Gasteiger partial charge on any atom is -0.508 e. The largest absolute Gasteiger partial charge is 0.508 e. The highest BCUT2D eigenvalue weighted by Crippen LogP contribution is 2.35. The minimum absolute atomic E-state index is 0.446. The Morgan fingerprint density at radius 3 is 1.96 bits per heavy atom. The summed E-state index contributed by atoms with van der Waals surface area (Å²) in [4.78, 5) is 0. The van der Waals surface area contributed by atoms with Crippen LogP contribution in [0.25, 0.3) is 0 Å². The van der Waals surface area contributed by atoms with Crippen LogP contribution in [-0.2, 0) is 0 Å². The van der Waals surface area contributed by atoms with Crippen molar-refractivity contribution in [1.29, 1.82) is 0 Å². The Labute approximate surface area is 143 Å². The number of rotatable bonds is 3. The molecule has 130 valence electrons. The Kier molecular flexibility index (Phi) is 7.99. The predicted molar refractivity (Wildman–Crippen MR) is 100 cm³/mol. The summed E-state index contributed by atoms with van der Waals surface area (Å²) in [5.74, 6) is 1.62. The van der Waals surface area contributed by atoms with E-state index >= 15 is 0 Å². The van der Waals surface area contributed by atoms with Gasteiger partial charge in [-0.15, -0.1) is 0 Å². The number of hydrogen-bond acceptors (Lipinski definition) is 1. The Balaban J connectivity index is 2.08. The van der Waals surface area contributed by atoms with Crippen molar-refractivity contribution in [2.24, 2.45) is 0 Å². The van der Waals surface area contributed by atoms with Gasteiger partial charge in [-0.25, -0.2) is 0 Å². The van der Waals surface area contributed by atoms with Gasteiger partial charge in [-0.05, 0) is 48.3 Å². The lowest BCUT2D eigenvalue weighted by Gasteiger charge is -2.21.